The summed E-state index contributed by atoms with van der Waals surface area (Å²) in [5, 5.41) is 10.5. The van der Waals surface area contributed by atoms with Crippen LogP contribution in [0.5, 0.6) is 11.5 Å². The topological polar surface area (TPSA) is 70.7 Å². The number of fused-ring (bicyclic) bond motifs is 6. The highest BCUT2D eigenvalue weighted by molar-refractivity contribution is 7.98. The zero-order chi connectivity index (χ0) is 22.9. The largest absolute Gasteiger partial charge is 0.454 e. The first-order valence-electron chi connectivity index (χ1n) is 11.2. The third-order valence-electron chi connectivity index (χ3n) is 6.91. The molecule has 1 aliphatic carbocycles. The van der Waals surface area contributed by atoms with Crippen molar-refractivity contribution in [2.75, 3.05) is 6.79 Å². The van der Waals surface area contributed by atoms with Crippen molar-refractivity contribution < 1.29 is 9.47 Å². The first-order valence-corrected chi connectivity index (χ1v) is 13.0. The second-order valence-electron chi connectivity index (χ2n) is 9.95. The number of thiophene rings is 1. The van der Waals surface area contributed by atoms with Gasteiger partial charge in [-0.3, -0.25) is 9.36 Å². The van der Waals surface area contributed by atoms with Crippen LogP contribution in [0.3, 0.4) is 0 Å². The van der Waals surface area contributed by atoms with E-state index in [1.54, 1.807) is 34.7 Å². The summed E-state index contributed by atoms with van der Waals surface area (Å²) in [6.45, 7) is 7.22. The zero-order valence-electron chi connectivity index (χ0n) is 19.2. The lowest BCUT2D eigenvalue weighted by molar-refractivity contribution is 0.174. The van der Waals surface area contributed by atoms with Gasteiger partial charge in [-0.25, -0.2) is 4.40 Å². The summed E-state index contributed by atoms with van der Waals surface area (Å²) >= 11 is 3.37. The number of benzene rings is 1. The van der Waals surface area contributed by atoms with E-state index in [0.29, 0.717) is 11.7 Å². The Kier molecular flexibility index (Phi) is 4.78. The zero-order valence-corrected chi connectivity index (χ0v) is 20.8. The lowest BCUT2D eigenvalue weighted by Crippen LogP contribution is -2.27. The van der Waals surface area contributed by atoms with Gasteiger partial charge >= 0.3 is 0 Å². The highest BCUT2D eigenvalue weighted by Crippen LogP contribution is 2.43. The van der Waals surface area contributed by atoms with E-state index in [1.807, 2.05) is 18.2 Å². The predicted octanol–water partition coefficient (Wildman–Crippen LogP) is 4.81. The highest BCUT2D eigenvalue weighted by Gasteiger charge is 2.32. The molecule has 0 spiro atoms. The Hall–Kier alpha value is -2.52. The van der Waals surface area contributed by atoms with Crippen LogP contribution in [0.25, 0.3) is 16.0 Å². The minimum absolute atomic E-state index is 0.0314. The Morgan fingerprint density at radius 3 is 2.85 bits per heavy atom. The smallest absolute Gasteiger partial charge is 0.263 e. The van der Waals surface area contributed by atoms with Crippen LogP contribution in [0.4, 0.5) is 0 Å². The van der Waals surface area contributed by atoms with Crippen molar-refractivity contribution in [3.05, 3.63) is 44.6 Å². The Morgan fingerprint density at radius 1 is 1.21 bits per heavy atom. The molecule has 2 aliphatic rings. The number of aromatic nitrogens is 4. The summed E-state index contributed by atoms with van der Waals surface area (Å²) in [5.41, 5.74) is 2.65. The Balaban J connectivity index is 1.42. The molecule has 172 valence electrons. The molecule has 0 unspecified atom stereocenters. The van der Waals surface area contributed by atoms with Crippen LogP contribution < -0.4 is 15.0 Å². The molecule has 0 fully saturated rings. The van der Waals surface area contributed by atoms with Gasteiger partial charge < -0.3 is 9.47 Å². The molecule has 0 bridgehead atoms. The fourth-order valence-electron chi connectivity index (χ4n) is 4.88. The quantitative estimate of drug-likeness (QED) is 0.390. The van der Waals surface area contributed by atoms with Crippen molar-refractivity contribution in [1.29, 1.82) is 0 Å². The van der Waals surface area contributed by atoms with Gasteiger partial charge in [0.2, 0.25) is 12.6 Å². The van der Waals surface area contributed by atoms with Gasteiger partial charge in [0, 0.05) is 17.7 Å². The number of nitrogens with zero attached hydrogens (tertiary/aromatic N) is 4. The predicted molar refractivity (Wildman–Crippen MR) is 131 cm³/mol. The van der Waals surface area contributed by atoms with Gasteiger partial charge in [0.25, 0.3) is 5.56 Å². The van der Waals surface area contributed by atoms with Crippen molar-refractivity contribution in [2.45, 2.75) is 50.9 Å². The van der Waals surface area contributed by atoms with Crippen LogP contribution in [0, 0.1) is 11.3 Å². The van der Waals surface area contributed by atoms with Crippen molar-refractivity contribution in [3.8, 4) is 11.5 Å². The van der Waals surface area contributed by atoms with Crippen LogP contribution in [0.1, 0.15) is 43.2 Å². The van der Waals surface area contributed by atoms with E-state index in [4.69, 9.17) is 9.47 Å². The maximum absolute atomic E-state index is 13.3. The van der Waals surface area contributed by atoms with Crippen LogP contribution in [-0.2, 0) is 25.6 Å². The average Bonchev–Trinajstić information content (AvgIpc) is 3.50. The van der Waals surface area contributed by atoms with Gasteiger partial charge in [0.15, 0.2) is 16.7 Å². The fourth-order valence-corrected chi connectivity index (χ4v) is 7.23. The Bertz CT molecular complexity index is 1460. The number of hydrogen-bond donors (Lipinski definition) is 0. The van der Waals surface area contributed by atoms with Gasteiger partial charge in [-0.2, -0.15) is 0 Å². The van der Waals surface area contributed by atoms with Gasteiger partial charge in [0.05, 0.1) is 5.39 Å². The number of rotatable bonds is 3. The molecule has 9 heteroatoms. The first kappa shape index (κ1) is 21.0. The second kappa shape index (κ2) is 7.50. The van der Waals surface area contributed by atoms with Crippen molar-refractivity contribution in [1.82, 2.24) is 19.2 Å². The number of hydrogen-bond acceptors (Lipinski definition) is 7. The summed E-state index contributed by atoms with van der Waals surface area (Å²) in [4.78, 5) is 15.6. The van der Waals surface area contributed by atoms with Crippen LogP contribution in [0.15, 0.2) is 28.2 Å². The molecule has 33 heavy (non-hydrogen) atoms. The number of thioether (sulfide) groups is 1. The molecule has 0 saturated carbocycles. The lowest BCUT2D eigenvalue weighted by Gasteiger charge is -2.33. The normalized spacial score (nSPS) is 17.8. The SMILES string of the molecule is Cn1c(=O)c2c3c(sc2n2c(SCc4ccc5c(c4)OCO5)nnc12)C[C@@H](C(C)(C)C)CC3. The monoisotopic (exact) mass is 482 g/mol. The summed E-state index contributed by atoms with van der Waals surface area (Å²) in [6.07, 6.45) is 3.11. The Morgan fingerprint density at radius 2 is 2.03 bits per heavy atom. The van der Waals surface area contributed by atoms with Crippen LogP contribution >= 0.6 is 23.1 Å². The summed E-state index contributed by atoms with van der Waals surface area (Å²) in [7, 11) is 1.79. The standard InChI is InChI=1S/C24H26N4O3S2/c1-24(2,3)14-6-7-15-18(10-14)33-21-19(15)20(29)27(4)22-25-26-23(28(21)22)32-11-13-5-8-16-17(9-13)31-12-30-16/h5,8-9,14H,6-7,10-12H2,1-4H3/t14-/m0/s1. The van der Waals surface area contributed by atoms with E-state index < -0.39 is 0 Å². The van der Waals surface area contributed by atoms with E-state index >= 15 is 0 Å². The van der Waals surface area contributed by atoms with Crippen molar-refractivity contribution >= 4 is 39.1 Å². The molecule has 3 aromatic heterocycles. The van der Waals surface area contributed by atoms with E-state index in [-0.39, 0.29) is 17.8 Å². The maximum atomic E-state index is 13.3. The molecule has 4 aromatic rings. The number of aryl methyl sites for hydroxylation is 2. The lowest BCUT2D eigenvalue weighted by atomic mass is 9.72. The van der Waals surface area contributed by atoms with Gasteiger partial charge in [0.1, 0.15) is 4.83 Å². The van der Waals surface area contributed by atoms with Gasteiger partial charge in [-0.1, -0.05) is 38.6 Å². The third-order valence-corrected chi connectivity index (χ3v) is 9.15. The Labute approximate surface area is 199 Å². The molecule has 0 amide bonds. The van der Waals surface area contributed by atoms with E-state index in [1.165, 1.54) is 10.4 Å². The fraction of sp³-hybridized carbons (Fsp3) is 0.458. The van der Waals surface area contributed by atoms with Crippen molar-refractivity contribution in [2.24, 2.45) is 18.4 Å². The molecule has 1 aliphatic heterocycles. The highest BCUT2D eigenvalue weighted by atomic mass is 32.2. The first-order chi connectivity index (χ1) is 15.8. The van der Waals surface area contributed by atoms with Gasteiger partial charge in [-0.15, -0.1) is 21.5 Å². The second-order valence-corrected chi connectivity index (χ2v) is 12.0. The summed E-state index contributed by atoms with van der Waals surface area (Å²) in [6, 6.07) is 6.01. The van der Waals surface area contributed by atoms with Crippen molar-refractivity contribution in [3.63, 3.8) is 0 Å². The molecule has 7 nitrogen and oxygen atoms in total. The molecule has 0 radical (unpaired) electrons. The molecular formula is C24H26N4O3S2. The summed E-state index contributed by atoms with van der Waals surface area (Å²) < 4.78 is 14.6. The molecule has 1 aromatic carbocycles. The molecular weight excluding hydrogens is 456 g/mol. The van der Waals surface area contributed by atoms with E-state index in [2.05, 4.69) is 35.4 Å². The van der Waals surface area contributed by atoms with E-state index in [9.17, 15) is 4.79 Å². The molecule has 0 N–H and O–H groups in total. The minimum Gasteiger partial charge on any atom is -0.454 e. The minimum atomic E-state index is 0.0314. The van der Waals surface area contributed by atoms with E-state index in [0.717, 1.165) is 57.5 Å². The van der Waals surface area contributed by atoms with Gasteiger partial charge in [-0.05, 0) is 53.9 Å². The molecule has 4 heterocycles. The van der Waals surface area contributed by atoms with Crippen LogP contribution in [-0.4, -0.2) is 26.0 Å². The average molecular weight is 483 g/mol. The van der Waals surface area contributed by atoms with Crippen LogP contribution in [0.2, 0.25) is 0 Å². The molecule has 6 rings (SSSR count). The maximum Gasteiger partial charge on any atom is 0.263 e. The number of ether oxygens (including phenoxy) is 2. The molecule has 1 atom stereocenters. The summed E-state index contributed by atoms with van der Waals surface area (Å²) in [5.74, 6) is 3.50. The molecule has 0 saturated heterocycles. The third kappa shape index (κ3) is 3.35.